The van der Waals surface area contributed by atoms with E-state index >= 15 is 0 Å². The van der Waals surface area contributed by atoms with Crippen LogP contribution in [-0.4, -0.2) is 38.4 Å². The van der Waals surface area contributed by atoms with Gasteiger partial charge in [0.15, 0.2) is 0 Å². The van der Waals surface area contributed by atoms with Crippen molar-refractivity contribution in [1.82, 2.24) is 9.62 Å². The standard InChI is InChI=1S/C13H17BrF2N2O2S.ClH/c1-2-5-18(9-3-4-17-8-9)21(19,20)13-7-11(15)10(14)6-12(13)16;/h6-7,9,17H,2-5,8H2,1H3;1H. The van der Waals surface area contributed by atoms with E-state index in [9.17, 15) is 17.2 Å². The summed E-state index contributed by atoms with van der Waals surface area (Å²) in [6.07, 6.45) is 1.27. The molecule has 1 aromatic carbocycles. The number of sulfonamides is 1. The van der Waals surface area contributed by atoms with Gasteiger partial charge in [0.25, 0.3) is 0 Å². The Morgan fingerprint density at radius 2 is 2.05 bits per heavy atom. The number of nitrogens with zero attached hydrogens (tertiary/aromatic N) is 1. The van der Waals surface area contributed by atoms with Gasteiger partial charge in [-0.25, -0.2) is 17.2 Å². The predicted octanol–water partition coefficient (Wildman–Crippen LogP) is 2.91. The van der Waals surface area contributed by atoms with Crippen LogP contribution >= 0.6 is 28.3 Å². The number of nitrogens with one attached hydrogen (secondary N) is 1. The highest BCUT2D eigenvalue weighted by Crippen LogP contribution is 2.27. The van der Waals surface area contributed by atoms with Crippen molar-refractivity contribution < 1.29 is 17.2 Å². The van der Waals surface area contributed by atoms with Crippen LogP contribution in [0.2, 0.25) is 0 Å². The molecule has 0 bridgehead atoms. The van der Waals surface area contributed by atoms with Gasteiger partial charge in [0, 0.05) is 19.1 Å². The highest BCUT2D eigenvalue weighted by molar-refractivity contribution is 9.10. The third-order valence-corrected chi connectivity index (χ3v) is 6.02. The Balaban J connectivity index is 0.00000242. The van der Waals surface area contributed by atoms with E-state index < -0.39 is 26.6 Å². The molecule has 1 aromatic rings. The average molecular weight is 420 g/mol. The molecule has 9 heteroatoms. The highest BCUT2D eigenvalue weighted by Gasteiger charge is 2.34. The van der Waals surface area contributed by atoms with Gasteiger partial charge in [-0.15, -0.1) is 12.4 Å². The van der Waals surface area contributed by atoms with Crippen LogP contribution in [0.25, 0.3) is 0 Å². The van der Waals surface area contributed by atoms with E-state index in [0.29, 0.717) is 19.4 Å². The molecule has 1 fully saturated rings. The minimum atomic E-state index is -4.06. The molecule has 1 atom stereocenters. The zero-order chi connectivity index (χ0) is 15.6. The molecule has 22 heavy (non-hydrogen) atoms. The SMILES string of the molecule is CCCN(C1CCNC1)S(=O)(=O)c1cc(F)c(Br)cc1F.Cl. The summed E-state index contributed by atoms with van der Waals surface area (Å²) in [6.45, 7) is 3.38. The maximum Gasteiger partial charge on any atom is 0.246 e. The molecule has 0 amide bonds. The molecule has 2 rings (SSSR count). The van der Waals surface area contributed by atoms with E-state index in [0.717, 1.165) is 18.7 Å². The second-order valence-corrected chi connectivity index (χ2v) is 7.67. The molecular weight excluding hydrogens is 402 g/mol. The van der Waals surface area contributed by atoms with Crippen molar-refractivity contribution in [3.05, 3.63) is 28.2 Å². The third-order valence-electron chi connectivity index (χ3n) is 3.45. The summed E-state index contributed by atoms with van der Waals surface area (Å²) in [5.41, 5.74) is 0. The Bertz CT molecular complexity index is 625. The summed E-state index contributed by atoms with van der Waals surface area (Å²) in [5, 5.41) is 3.09. The molecule has 1 N–H and O–H groups in total. The molecule has 1 saturated heterocycles. The van der Waals surface area contributed by atoms with Crippen LogP contribution in [0.1, 0.15) is 19.8 Å². The number of benzene rings is 1. The maximum atomic E-state index is 14.0. The summed E-state index contributed by atoms with van der Waals surface area (Å²) < 4.78 is 54.1. The second-order valence-electron chi connectivity index (χ2n) is 4.96. The molecule has 1 aliphatic heterocycles. The molecule has 0 radical (unpaired) electrons. The van der Waals surface area contributed by atoms with Gasteiger partial charge in [-0.1, -0.05) is 6.92 Å². The highest BCUT2D eigenvalue weighted by atomic mass is 79.9. The molecular formula is C13H18BrClF2N2O2S. The zero-order valence-electron chi connectivity index (χ0n) is 12.0. The van der Waals surface area contributed by atoms with E-state index in [-0.39, 0.29) is 29.5 Å². The summed E-state index contributed by atoms with van der Waals surface area (Å²) in [5.74, 6) is -1.74. The number of halogens is 4. The van der Waals surface area contributed by atoms with Gasteiger partial charge in [0.2, 0.25) is 10.0 Å². The fraction of sp³-hybridized carbons (Fsp3) is 0.538. The molecule has 0 spiro atoms. The lowest BCUT2D eigenvalue weighted by molar-refractivity contribution is 0.333. The predicted molar refractivity (Wildman–Crippen MR) is 86.8 cm³/mol. The Kier molecular flexibility index (Phi) is 7.20. The monoisotopic (exact) mass is 418 g/mol. The van der Waals surface area contributed by atoms with Gasteiger partial charge >= 0.3 is 0 Å². The van der Waals surface area contributed by atoms with Crippen molar-refractivity contribution in [2.75, 3.05) is 19.6 Å². The van der Waals surface area contributed by atoms with Crippen LogP contribution in [0.15, 0.2) is 21.5 Å². The van der Waals surface area contributed by atoms with Crippen LogP contribution in [-0.2, 0) is 10.0 Å². The van der Waals surface area contributed by atoms with E-state index in [4.69, 9.17) is 0 Å². The molecule has 0 aliphatic carbocycles. The zero-order valence-corrected chi connectivity index (χ0v) is 15.2. The fourth-order valence-electron chi connectivity index (χ4n) is 2.43. The van der Waals surface area contributed by atoms with Crippen molar-refractivity contribution in [3.63, 3.8) is 0 Å². The fourth-order valence-corrected chi connectivity index (χ4v) is 4.55. The summed E-state index contributed by atoms with van der Waals surface area (Å²) >= 11 is 2.85. The lowest BCUT2D eigenvalue weighted by atomic mass is 10.2. The van der Waals surface area contributed by atoms with Crippen molar-refractivity contribution in [3.8, 4) is 0 Å². The van der Waals surface area contributed by atoms with E-state index in [1.807, 2.05) is 6.92 Å². The molecule has 0 saturated carbocycles. The smallest absolute Gasteiger partial charge is 0.246 e. The van der Waals surface area contributed by atoms with Crippen LogP contribution in [0, 0.1) is 11.6 Å². The van der Waals surface area contributed by atoms with Gasteiger partial charge in [-0.05, 0) is 47.4 Å². The largest absolute Gasteiger partial charge is 0.315 e. The van der Waals surface area contributed by atoms with Gasteiger partial charge in [0.1, 0.15) is 16.5 Å². The Morgan fingerprint density at radius 3 is 2.59 bits per heavy atom. The summed E-state index contributed by atoms with van der Waals surface area (Å²) in [6, 6.07) is 1.36. The lowest BCUT2D eigenvalue weighted by Crippen LogP contribution is -2.42. The van der Waals surface area contributed by atoms with Gasteiger partial charge < -0.3 is 5.32 Å². The lowest BCUT2D eigenvalue weighted by Gasteiger charge is -2.27. The topological polar surface area (TPSA) is 49.4 Å². The minimum Gasteiger partial charge on any atom is -0.315 e. The van der Waals surface area contributed by atoms with Crippen molar-refractivity contribution in [2.45, 2.75) is 30.7 Å². The van der Waals surface area contributed by atoms with Crippen LogP contribution in [0.5, 0.6) is 0 Å². The summed E-state index contributed by atoms with van der Waals surface area (Å²) in [7, 11) is -4.06. The van der Waals surface area contributed by atoms with Crippen molar-refractivity contribution in [1.29, 1.82) is 0 Å². The van der Waals surface area contributed by atoms with Gasteiger partial charge in [0.05, 0.1) is 4.47 Å². The maximum absolute atomic E-state index is 14.0. The molecule has 0 aromatic heterocycles. The third kappa shape index (κ3) is 3.97. The first-order valence-electron chi connectivity index (χ1n) is 6.75. The average Bonchev–Trinajstić information content (AvgIpc) is 2.93. The minimum absolute atomic E-state index is 0. The Morgan fingerprint density at radius 1 is 1.36 bits per heavy atom. The van der Waals surface area contributed by atoms with Crippen LogP contribution in [0.3, 0.4) is 0 Å². The van der Waals surface area contributed by atoms with Crippen LogP contribution < -0.4 is 5.32 Å². The number of rotatable bonds is 5. The number of hydrogen-bond donors (Lipinski definition) is 1. The quantitative estimate of drug-likeness (QED) is 0.747. The van der Waals surface area contributed by atoms with Gasteiger partial charge in [-0.3, -0.25) is 0 Å². The molecule has 1 heterocycles. The molecule has 1 unspecified atom stereocenters. The normalized spacial score (nSPS) is 18.5. The van der Waals surface area contributed by atoms with E-state index in [1.54, 1.807) is 0 Å². The molecule has 126 valence electrons. The van der Waals surface area contributed by atoms with E-state index in [1.165, 1.54) is 4.31 Å². The first kappa shape index (κ1) is 19.8. The van der Waals surface area contributed by atoms with Crippen molar-refractivity contribution >= 4 is 38.4 Å². The van der Waals surface area contributed by atoms with Crippen LogP contribution in [0.4, 0.5) is 8.78 Å². The summed E-state index contributed by atoms with van der Waals surface area (Å²) in [4.78, 5) is -0.608. The van der Waals surface area contributed by atoms with E-state index in [2.05, 4.69) is 21.2 Å². The molecule has 1 aliphatic rings. The number of hydrogen-bond acceptors (Lipinski definition) is 3. The first-order chi connectivity index (χ1) is 9.87. The van der Waals surface area contributed by atoms with Crippen molar-refractivity contribution in [2.24, 2.45) is 0 Å². The Labute approximate surface area is 143 Å². The first-order valence-corrected chi connectivity index (χ1v) is 8.98. The second kappa shape index (κ2) is 8.01. The molecule has 4 nitrogen and oxygen atoms in total. The van der Waals surface area contributed by atoms with Gasteiger partial charge in [-0.2, -0.15) is 4.31 Å². The Hall–Kier alpha value is -0.280.